The molecular formula is C12H19N3. The van der Waals surface area contributed by atoms with Crippen LogP contribution in [0.4, 0.5) is 5.69 Å². The molecule has 0 amide bonds. The van der Waals surface area contributed by atoms with E-state index in [9.17, 15) is 0 Å². The van der Waals surface area contributed by atoms with Crippen molar-refractivity contribution in [2.45, 2.75) is 39.7 Å². The predicted molar refractivity (Wildman–Crippen MR) is 61.6 cm³/mol. The largest absolute Gasteiger partial charge is 0.380 e. The fourth-order valence-corrected chi connectivity index (χ4v) is 2.67. The van der Waals surface area contributed by atoms with Crippen LogP contribution in [0.1, 0.15) is 33.6 Å². The molecule has 0 aliphatic heterocycles. The molecule has 0 saturated heterocycles. The van der Waals surface area contributed by atoms with Crippen LogP contribution in [0.5, 0.6) is 0 Å². The van der Waals surface area contributed by atoms with Crippen LogP contribution in [0.2, 0.25) is 0 Å². The zero-order valence-corrected chi connectivity index (χ0v) is 9.70. The molecule has 1 saturated carbocycles. The highest BCUT2D eigenvalue weighted by Gasteiger charge is 2.36. The molecule has 1 aliphatic carbocycles. The van der Waals surface area contributed by atoms with Crippen LogP contribution in [0.25, 0.3) is 0 Å². The summed E-state index contributed by atoms with van der Waals surface area (Å²) < 4.78 is 0. The van der Waals surface area contributed by atoms with Crippen molar-refractivity contribution in [3.8, 4) is 0 Å². The Morgan fingerprint density at radius 3 is 2.47 bits per heavy atom. The molecule has 15 heavy (non-hydrogen) atoms. The van der Waals surface area contributed by atoms with Crippen molar-refractivity contribution in [3.63, 3.8) is 0 Å². The number of hydrogen-bond donors (Lipinski definition) is 1. The quantitative estimate of drug-likeness (QED) is 0.806. The Morgan fingerprint density at radius 2 is 1.93 bits per heavy atom. The molecule has 1 heterocycles. The van der Waals surface area contributed by atoms with Gasteiger partial charge in [-0.05, 0) is 24.2 Å². The second-order valence-corrected chi connectivity index (χ2v) is 5.43. The molecule has 2 atom stereocenters. The third-order valence-corrected chi connectivity index (χ3v) is 3.25. The Hall–Kier alpha value is -1.12. The summed E-state index contributed by atoms with van der Waals surface area (Å²) in [4.78, 5) is 8.03. The number of anilines is 1. The van der Waals surface area contributed by atoms with E-state index in [0.29, 0.717) is 11.5 Å². The lowest BCUT2D eigenvalue weighted by molar-refractivity contribution is 0.366. The Kier molecular flexibility index (Phi) is 2.63. The average Bonchev–Trinajstić information content (AvgIpc) is 2.41. The lowest BCUT2D eigenvalue weighted by atomic mass is 9.91. The molecule has 2 rings (SSSR count). The first-order valence-corrected chi connectivity index (χ1v) is 5.58. The second-order valence-electron chi connectivity index (χ2n) is 5.43. The van der Waals surface area contributed by atoms with Crippen molar-refractivity contribution in [1.82, 2.24) is 9.97 Å². The molecule has 0 spiro atoms. The lowest BCUT2D eigenvalue weighted by Gasteiger charge is -2.19. The molecule has 3 nitrogen and oxygen atoms in total. The minimum atomic E-state index is 0.465. The molecule has 3 heteroatoms. The van der Waals surface area contributed by atoms with Crippen LogP contribution in [0.15, 0.2) is 18.7 Å². The summed E-state index contributed by atoms with van der Waals surface area (Å²) in [6.45, 7) is 7.00. The summed E-state index contributed by atoms with van der Waals surface area (Å²) >= 11 is 0. The minimum Gasteiger partial charge on any atom is -0.380 e. The SMILES string of the molecule is CC1CC(C)(C)CC1Nc1cncnc1. The van der Waals surface area contributed by atoms with E-state index in [1.807, 2.05) is 12.4 Å². The van der Waals surface area contributed by atoms with Crippen molar-refractivity contribution in [3.05, 3.63) is 18.7 Å². The van der Waals surface area contributed by atoms with Crippen molar-refractivity contribution in [2.24, 2.45) is 11.3 Å². The first kappa shape index (κ1) is 10.4. The standard InChI is InChI=1S/C12H19N3/c1-9-4-12(2,3)5-11(9)15-10-6-13-8-14-7-10/h6-9,11,15H,4-5H2,1-3H3. The molecule has 0 aromatic carbocycles. The van der Waals surface area contributed by atoms with E-state index in [0.717, 1.165) is 11.6 Å². The second kappa shape index (κ2) is 3.80. The molecule has 1 aliphatic rings. The van der Waals surface area contributed by atoms with E-state index in [2.05, 4.69) is 36.1 Å². The maximum atomic E-state index is 4.01. The van der Waals surface area contributed by atoms with E-state index < -0.39 is 0 Å². The summed E-state index contributed by atoms with van der Waals surface area (Å²) in [5.74, 6) is 0.722. The van der Waals surface area contributed by atoms with Gasteiger partial charge in [0.1, 0.15) is 6.33 Å². The molecule has 0 radical (unpaired) electrons. The molecule has 1 aromatic rings. The van der Waals surface area contributed by atoms with Crippen LogP contribution < -0.4 is 5.32 Å². The van der Waals surface area contributed by atoms with Gasteiger partial charge in [0, 0.05) is 6.04 Å². The molecule has 2 unspecified atom stereocenters. The monoisotopic (exact) mass is 205 g/mol. The highest BCUT2D eigenvalue weighted by atomic mass is 15.0. The fourth-order valence-electron chi connectivity index (χ4n) is 2.67. The smallest absolute Gasteiger partial charge is 0.115 e. The predicted octanol–water partition coefficient (Wildman–Crippen LogP) is 2.71. The van der Waals surface area contributed by atoms with E-state index in [1.165, 1.54) is 12.8 Å². The Bertz CT molecular complexity index is 321. The third kappa shape index (κ3) is 2.46. The maximum absolute atomic E-state index is 4.01. The first-order valence-electron chi connectivity index (χ1n) is 5.58. The first-order chi connectivity index (χ1) is 7.07. The normalized spacial score (nSPS) is 29.0. The van der Waals surface area contributed by atoms with E-state index >= 15 is 0 Å². The van der Waals surface area contributed by atoms with Crippen LogP contribution in [-0.4, -0.2) is 16.0 Å². The van der Waals surface area contributed by atoms with E-state index in [-0.39, 0.29) is 0 Å². The summed E-state index contributed by atoms with van der Waals surface area (Å²) in [5.41, 5.74) is 1.50. The number of nitrogens with one attached hydrogen (secondary N) is 1. The highest BCUT2D eigenvalue weighted by Crippen LogP contribution is 2.41. The topological polar surface area (TPSA) is 37.8 Å². The maximum Gasteiger partial charge on any atom is 0.115 e. The summed E-state index contributed by atoms with van der Waals surface area (Å²) in [6, 6.07) is 0.561. The van der Waals surface area contributed by atoms with Gasteiger partial charge in [-0.1, -0.05) is 20.8 Å². The molecule has 1 fully saturated rings. The molecule has 1 N–H and O–H groups in total. The van der Waals surface area contributed by atoms with Gasteiger partial charge >= 0.3 is 0 Å². The minimum absolute atomic E-state index is 0.465. The van der Waals surface area contributed by atoms with Gasteiger partial charge < -0.3 is 5.32 Å². The van der Waals surface area contributed by atoms with Crippen molar-refractivity contribution < 1.29 is 0 Å². The Balaban J connectivity index is 2.02. The van der Waals surface area contributed by atoms with Crippen LogP contribution in [0, 0.1) is 11.3 Å². The zero-order valence-electron chi connectivity index (χ0n) is 9.70. The number of nitrogens with zero attached hydrogens (tertiary/aromatic N) is 2. The summed E-state index contributed by atoms with van der Waals surface area (Å²) in [6.07, 6.45) is 7.75. The molecule has 82 valence electrons. The van der Waals surface area contributed by atoms with Crippen LogP contribution >= 0.6 is 0 Å². The van der Waals surface area contributed by atoms with Crippen LogP contribution in [0.3, 0.4) is 0 Å². The van der Waals surface area contributed by atoms with Gasteiger partial charge in [0.25, 0.3) is 0 Å². The van der Waals surface area contributed by atoms with Gasteiger partial charge in [0.05, 0.1) is 18.1 Å². The van der Waals surface area contributed by atoms with E-state index in [1.54, 1.807) is 6.33 Å². The number of aromatic nitrogens is 2. The third-order valence-electron chi connectivity index (χ3n) is 3.25. The summed E-state index contributed by atoms with van der Waals surface area (Å²) in [7, 11) is 0. The molecule has 0 bridgehead atoms. The van der Waals surface area contributed by atoms with Gasteiger partial charge in [-0.2, -0.15) is 0 Å². The fraction of sp³-hybridized carbons (Fsp3) is 0.667. The molecule has 1 aromatic heterocycles. The average molecular weight is 205 g/mol. The Labute approximate surface area is 91.3 Å². The number of hydrogen-bond acceptors (Lipinski definition) is 3. The van der Waals surface area contributed by atoms with Gasteiger partial charge in [0.15, 0.2) is 0 Å². The van der Waals surface area contributed by atoms with Gasteiger partial charge in [-0.3, -0.25) is 0 Å². The zero-order chi connectivity index (χ0) is 10.9. The molecular weight excluding hydrogens is 186 g/mol. The van der Waals surface area contributed by atoms with Crippen molar-refractivity contribution >= 4 is 5.69 Å². The Morgan fingerprint density at radius 1 is 1.27 bits per heavy atom. The van der Waals surface area contributed by atoms with E-state index in [4.69, 9.17) is 0 Å². The summed E-state index contributed by atoms with van der Waals surface area (Å²) in [5, 5.41) is 3.52. The van der Waals surface area contributed by atoms with Gasteiger partial charge in [0.2, 0.25) is 0 Å². The van der Waals surface area contributed by atoms with Gasteiger partial charge in [-0.25, -0.2) is 9.97 Å². The van der Waals surface area contributed by atoms with Crippen molar-refractivity contribution in [2.75, 3.05) is 5.32 Å². The number of rotatable bonds is 2. The van der Waals surface area contributed by atoms with Crippen molar-refractivity contribution in [1.29, 1.82) is 0 Å². The lowest BCUT2D eigenvalue weighted by Crippen LogP contribution is -2.22. The van der Waals surface area contributed by atoms with Gasteiger partial charge in [-0.15, -0.1) is 0 Å². The highest BCUT2D eigenvalue weighted by molar-refractivity contribution is 5.39. The van der Waals surface area contributed by atoms with Crippen LogP contribution in [-0.2, 0) is 0 Å².